The molecule has 110 valence electrons. The van der Waals surface area contributed by atoms with Crippen LogP contribution in [0.25, 0.3) is 0 Å². The van der Waals surface area contributed by atoms with E-state index in [-0.39, 0.29) is 30.5 Å². The summed E-state index contributed by atoms with van der Waals surface area (Å²) in [5.74, 6) is -1.28. The number of carbonyl (C=O) groups is 2. The smallest absolute Gasteiger partial charge is 0.325 e. The van der Waals surface area contributed by atoms with E-state index in [0.29, 0.717) is 6.54 Å². The third-order valence-corrected chi connectivity index (χ3v) is 2.47. The number of esters is 1. The SMILES string of the molecule is CCOC(=O)CN(CC(C)C)C(=O)c1ccc(F)nc1. The van der Waals surface area contributed by atoms with Crippen LogP contribution in [0.15, 0.2) is 18.3 Å². The summed E-state index contributed by atoms with van der Waals surface area (Å²) in [7, 11) is 0. The number of hydrogen-bond acceptors (Lipinski definition) is 4. The summed E-state index contributed by atoms with van der Waals surface area (Å²) in [6, 6.07) is 2.47. The van der Waals surface area contributed by atoms with Crippen LogP contribution in [0.3, 0.4) is 0 Å². The molecule has 0 aliphatic heterocycles. The van der Waals surface area contributed by atoms with Gasteiger partial charge in [0.25, 0.3) is 5.91 Å². The number of hydrogen-bond donors (Lipinski definition) is 0. The number of pyridine rings is 1. The minimum Gasteiger partial charge on any atom is -0.465 e. The first-order valence-electron chi connectivity index (χ1n) is 6.50. The van der Waals surface area contributed by atoms with Gasteiger partial charge in [-0.15, -0.1) is 0 Å². The molecule has 1 aromatic heterocycles. The fraction of sp³-hybridized carbons (Fsp3) is 0.500. The molecule has 0 radical (unpaired) electrons. The first-order chi connectivity index (χ1) is 9.43. The van der Waals surface area contributed by atoms with Crippen LogP contribution in [0.5, 0.6) is 0 Å². The summed E-state index contributed by atoms with van der Waals surface area (Å²) in [5.41, 5.74) is 0.247. The molecule has 5 nitrogen and oxygen atoms in total. The molecule has 0 N–H and O–H groups in total. The Hall–Kier alpha value is -1.98. The zero-order chi connectivity index (χ0) is 15.1. The van der Waals surface area contributed by atoms with Crippen LogP contribution in [0.4, 0.5) is 4.39 Å². The van der Waals surface area contributed by atoms with Gasteiger partial charge in [0.1, 0.15) is 6.54 Å². The van der Waals surface area contributed by atoms with Crippen molar-refractivity contribution in [1.29, 1.82) is 0 Å². The topological polar surface area (TPSA) is 59.5 Å². The third-order valence-electron chi connectivity index (χ3n) is 2.47. The molecule has 0 aliphatic carbocycles. The van der Waals surface area contributed by atoms with Crippen molar-refractivity contribution >= 4 is 11.9 Å². The maximum Gasteiger partial charge on any atom is 0.325 e. The Labute approximate surface area is 117 Å². The van der Waals surface area contributed by atoms with E-state index in [2.05, 4.69) is 4.98 Å². The number of rotatable bonds is 6. The molecular formula is C14H19FN2O3. The van der Waals surface area contributed by atoms with Crippen LogP contribution in [0, 0.1) is 11.9 Å². The molecule has 1 heterocycles. The minimum atomic E-state index is -0.651. The van der Waals surface area contributed by atoms with E-state index in [0.717, 1.165) is 12.3 Å². The summed E-state index contributed by atoms with van der Waals surface area (Å²) in [6.45, 7) is 6.14. The van der Waals surface area contributed by atoms with Gasteiger partial charge in [0.05, 0.1) is 12.2 Å². The molecule has 1 amide bonds. The molecule has 0 aromatic carbocycles. The summed E-state index contributed by atoms with van der Waals surface area (Å²) >= 11 is 0. The number of aromatic nitrogens is 1. The van der Waals surface area contributed by atoms with E-state index in [9.17, 15) is 14.0 Å². The monoisotopic (exact) mass is 282 g/mol. The second-order valence-corrected chi connectivity index (χ2v) is 4.75. The Morgan fingerprint density at radius 1 is 1.40 bits per heavy atom. The predicted octanol–water partition coefficient (Wildman–Crippen LogP) is 1.88. The molecule has 0 saturated heterocycles. The fourth-order valence-electron chi connectivity index (χ4n) is 1.71. The van der Waals surface area contributed by atoms with Gasteiger partial charge >= 0.3 is 5.97 Å². The highest BCUT2D eigenvalue weighted by Gasteiger charge is 2.20. The average Bonchev–Trinajstić information content (AvgIpc) is 2.38. The molecular weight excluding hydrogens is 263 g/mol. The van der Waals surface area contributed by atoms with Crippen LogP contribution in [0.1, 0.15) is 31.1 Å². The Balaban J connectivity index is 2.83. The standard InChI is InChI=1S/C14H19FN2O3/c1-4-20-13(18)9-17(8-10(2)3)14(19)11-5-6-12(15)16-7-11/h5-7,10H,4,8-9H2,1-3H3. The number of halogens is 1. The second-order valence-electron chi connectivity index (χ2n) is 4.75. The quantitative estimate of drug-likeness (QED) is 0.590. The average molecular weight is 282 g/mol. The lowest BCUT2D eigenvalue weighted by molar-refractivity contribution is -0.143. The summed E-state index contributed by atoms with van der Waals surface area (Å²) in [5, 5.41) is 0. The van der Waals surface area contributed by atoms with E-state index in [1.165, 1.54) is 11.0 Å². The highest BCUT2D eigenvalue weighted by atomic mass is 19.1. The molecule has 1 aromatic rings. The number of amides is 1. The van der Waals surface area contributed by atoms with Crippen molar-refractivity contribution < 1.29 is 18.7 Å². The van der Waals surface area contributed by atoms with Crippen LogP contribution in [0.2, 0.25) is 0 Å². The minimum absolute atomic E-state index is 0.123. The molecule has 0 fully saturated rings. The molecule has 6 heteroatoms. The summed E-state index contributed by atoms with van der Waals surface area (Å²) in [6.07, 6.45) is 1.16. The Morgan fingerprint density at radius 2 is 2.10 bits per heavy atom. The molecule has 20 heavy (non-hydrogen) atoms. The van der Waals surface area contributed by atoms with Crippen LogP contribution in [-0.4, -0.2) is 41.5 Å². The number of ether oxygens (including phenoxy) is 1. The van der Waals surface area contributed by atoms with Crippen molar-refractivity contribution in [2.45, 2.75) is 20.8 Å². The third kappa shape index (κ3) is 4.95. The normalized spacial score (nSPS) is 10.4. The van der Waals surface area contributed by atoms with Gasteiger partial charge in [0.15, 0.2) is 0 Å². The van der Waals surface area contributed by atoms with Gasteiger partial charge in [-0.2, -0.15) is 4.39 Å². The van der Waals surface area contributed by atoms with Gasteiger partial charge in [-0.3, -0.25) is 9.59 Å². The molecule has 0 aliphatic rings. The predicted molar refractivity (Wildman–Crippen MR) is 71.6 cm³/mol. The van der Waals surface area contributed by atoms with Gasteiger partial charge in [-0.05, 0) is 25.0 Å². The van der Waals surface area contributed by atoms with Crippen molar-refractivity contribution in [3.8, 4) is 0 Å². The van der Waals surface area contributed by atoms with Crippen molar-refractivity contribution in [1.82, 2.24) is 9.88 Å². The van der Waals surface area contributed by atoms with Gasteiger partial charge in [0.2, 0.25) is 5.95 Å². The van der Waals surface area contributed by atoms with Crippen LogP contribution >= 0.6 is 0 Å². The van der Waals surface area contributed by atoms with Crippen molar-refractivity contribution in [2.75, 3.05) is 19.7 Å². The lowest BCUT2D eigenvalue weighted by Crippen LogP contribution is -2.39. The van der Waals surface area contributed by atoms with E-state index >= 15 is 0 Å². The zero-order valence-corrected chi connectivity index (χ0v) is 11.9. The van der Waals surface area contributed by atoms with E-state index in [4.69, 9.17) is 4.74 Å². The molecule has 0 saturated carbocycles. The van der Waals surface area contributed by atoms with Crippen LogP contribution < -0.4 is 0 Å². The Morgan fingerprint density at radius 3 is 2.60 bits per heavy atom. The highest BCUT2D eigenvalue weighted by Crippen LogP contribution is 2.08. The van der Waals surface area contributed by atoms with Crippen molar-refractivity contribution in [3.05, 3.63) is 29.8 Å². The maximum atomic E-state index is 12.8. The van der Waals surface area contributed by atoms with Gasteiger partial charge in [-0.1, -0.05) is 13.8 Å². The zero-order valence-electron chi connectivity index (χ0n) is 11.9. The molecule has 0 unspecified atom stereocenters. The Bertz CT molecular complexity index is 460. The van der Waals surface area contributed by atoms with E-state index < -0.39 is 11.9 Å². The second kappa shape index (κ2) is 7.57. The summed E-state index contributed by atoms with van der Waals surface area (Å²) in [4.78, 5) is 28.7. The molecule has 0 atom stereocenters. The molecule has 0 spiro atoms. The first kappa shape index (κ1) is 16.1. The lowest BCUT2D eigenvalue weighted by atomic mass is 10.1. The largest absolute Gasteiger partial charge is 0.465 e. The Kier molecular flexibility index (Phi) is 6.09. The fourth-order valence-corrected chi connectivity index (χ4v) is 1.71. The van der Waals surface area contributed by atoms with Crippen molar-refractivity contribution in [2.24, 2.45) is 5.92 Å². The van der Waals surface area contributed by atoms with Crippen molar-refractivity contribution in [3.63, 3.8) is 0 Å². The van der Waals surface area contributed by atoms with Crippen LogP contribution in [-0.2, 0) is 9.53 Å². The highest BCUT2D eigenvalue weighted by molar-refractivity contribution is 5.95. The number of carbonyl (C=O) groups excluding carboxylic acids is 2. The molecule has 0 bridgehead atoms. The molecule has 1 rings (SSSR count). The van der Waals surface area contributed by atoms with Gasteiger partial charge < -0.3 is 9.64 Å². The van der Waals surface area contributed by atoms with Gasteiger partial charge in [0, 0.05) is 12.7 Å². The lowest BCUT2D eigenvalue weighted by Gasteiger charge is -2.23. The summed E-state index contributed by atoms with van der Waals surface area (Å²) < 4.78 is 17.6. The number of nitrogens with zero attached hydrogens (tertiary/aromatic N) is 2. The van der Waals surface area contributed by atoms with E-state index in [1.54, 1.807) is 6.92 Å². The van der Waals surface area contributed by atoms with E-state index in [1.807, 2.05) is 13.8 Å². The van der Waals surface area contributed by atoms with Gasteiger partial charge in [-0.25, -0.2) is 4.98 Å². The first-order valence-corrected chi connectivity index (χ1v) is 6.50. The maximum absolute atomic E-state index is 12.8.